The summed E-state index contributed by atoms with van der Waals surface area (Å²) in [4.78, 5) is 9.09. The van der Waals surface area contributed by atoms with E-state index in [1.165, 1.54) is 5.56 Å². The van der Waals surface area contributed by atoms with Gasteiger partial charge in [-0.15, -0.1) is 0 Å². The molecular weight excluding hydrogens is 362 g/mol. The van der Waals surface area contributed by atoms with Crippen molar-refractivity contribution in [1.82, 2.24) is 15.1 Å². The quantitative estimate of drug-likeness (QED) is 0.618. The summed E-state index contributed by atoms with van der Waals surface area (Å²) in [5.41, 5.74) is 4.14. The van der Waals surface area contributed by atoms with Gasteiger partial charge in [0.15, 0.2) is 0 Å². The third kappa shape index (κ3) is 2.27. The average molecular weight is 382 g/mol. The molecule has 5 nitrogen and oxygen atoms in total. The summed E-state index contributed by atoms with van der Waals surface area (Å²) in [5.74, 6) is 2.16. The van der Waals surface area contributed by atoms with E-state index in [-0.39, 0.29) is 16.6 Å². The Morgan fingerprint density at radius 3 is 2.81 bits per heavy atom. The Hall–Kier alpha value is -2.40. The lowest BCUT2D eigenvalue weighted by atomic mass is 9.53. The summed E-state index contributed by atoms with van der Waals surface area (Å²) in [5, 5.41) is 4.31. The maximum Gasteiger partial charge on any atom is 0.225 e. The van der Waals surface area contributed by atoms with E-state index >= 15 is 0 Å². The van der Waals surface area contributed by atoms with Gasteiger partial charge in [-0.25, -0.2) is 4.98 Å². The van der Waals surface area contributed by atoms with Gasteiger partial charge in [-0.3, -0.25) is 0 Å². The van der Waals surface area contributed by atoms with Crippen molar-refractivity contribution in [3.05, 3.63) is 70.0 Å². The van der Waals surface area contributed by atoms with Crippen LogP contribution in [0.2, 0.25) is 5.28 Å². The van der Waals surface area contributed by atoms with Crippen molar-refractivity contribution < 1.29 is 9.26 Å². The van der Waals surface area contributed by atoms with Crippen LogP contribution in [0.1, 0.15) is 47.4 Å². The Bertz CT molecular complexity index is 1000. The van der Waals surface area contributed by atoms with Gasteiger partial charge in [-0.1, -0.05) is 42.4 Å². The van der Waals surface area contributed by atoms with Gasteiger partial charge in [0, 0.05) is 22.5 Å². The van der Waals surface area contributed by atoms with Gasteiger partial charge < -0.3 is 9.26 Å². The van der Waals surface area contributed by atoms with E-state index in [0.29, 0.717) is 11.8 Å². The number of nitrogens with zero attached hydrogens (tertiary/aromatic N) is 3. The molecule has 0 radical (unpaired) electrons. The van der Waals surface area contributed by atoms with Crippen LogP contribution in [0.3, 0.4) is 0 Å². The maximum absolute atomic E-state index is 6.32. The van der Waals surface area contributed by atoms with Crippen molar-refractivity contribution in [2.45, 2.75) is 37.5 Å². The molecule has 3 atom stereocenters. The highest BCUT2D eigenvalue weighted by atomic mass is 35.5. The summed E-state index contributed by atoms with van der Waals surface area (Å²) in [6.07, 6.45) is 4.50. The van der Waals surface area contributed by atoms with E-state index in [4.69, 9.17) is 25.8 Å². The molecular formula is C21H20ClN3O2. The van der Waals surface area contributed by atoms with Crippen LogP contribution in [-0.4, -0.2) is 22.2 Å². The predicted molar refractivity (Wildman–Crippen MR) is 101 cm³/mol. The van der Waals surface area contributed by atoms with Crippen LogP contribution in [0.25, 0.3) is 0 Å². The molecule has 0 aliphatic heterocycles. The minimum Gasteiger partial charge on any atom is -0.481 e. The van der Waals surface area contributed by atoms with Gasteiger partial charge >= 0.3 is 0 Å². The summed E-state index contributed by atoms with van der Waals surface area (Å²) in [6, 6.07) is 10.6. The van der Waals surface area contributed by atoms with Crippen LogP contribution in [0.5, 0.6) is 5.88 Å². The minimum atomic E-state index is -0.299. The fraction of sp³-hybridized carbons (Fsp3) is 0.381. The fourth-order valence-electron chi connectivity index (χ4n) is 5.26. The number of hydrogen-bond acceptors (Lipinski definition) is 5. The lowest BCUT2D eigenvalue weighted by Crippen LogP contribution is -2.48. The maximum atomic E-state index is 6.32. The topological polar surface area (TPSA) is 61.0 Å². The molecule has 0 N–H and O–H groups in total. The van der Waals surface area contributed by atoms with Crippen LogP contribution >= 0.6 is 11.6 Å². The minimum absolute atomic E-state index is 0.227. The number of benzene rings is 1. The zero-order valence-corrected chi connectivity index (χ0v) is 16.0. The largest absolute Gasteiger partial charge is 0.481 e. The smallest absolute Gasteiger partial charge is 0.225 e. The summed E-state index contributed by atoms with van der Waals surface area (Å²) >= 11 is 6.32. The summed E-state index contributed by atoms with van der Waals surface area (Å²) < 4.78 is 11.2. The Balaban J connectivity index is 1.84. The molecule has 2 heterocycles. The van der Waals surface area contributed by atoms with Crippen molar-refractivity contribution in [1.29, 1.82) is 0 Å². The normalized spacial score (nSPS) is 26.0. The van der Waals surface area contributed by atoms with Crippen LogP contribution in [-0.2, 0) is 18.3 Å². The molecule has 27 heavy (non-hydrogen) atoms. The number of ether oxygens (including phenoxy) is 1. The first-order valence-electron chi connectivity index (χ1n) is 9.25. The van der Waals surface area contributed by atoms with Crippen molar-refractivity contribution in [2.75, 3.05) is 7.11 Å². The molecule has 138 valence electrons. The molecule has 1 aromatic carbocycles. The van der Waals surface area contributed by atoms with E-state index in [9.17, 15) is 0 Å². The Morgan fingerprint density at radius 1 is 1.22 bits per heavy atom. The number of fused-ring (bicyclic) bond motifs is 4. The molecule has 0 amide bonds. The molecule has 2 aliphatic carbocycles. The van der Waals surface area contributed by atoms with E-state index < -0.39 is 0 Å². The number of rotatable bonds is 2. The van der Waals surface area contributed by atoms with Gasteiger partial charge in [0.25, 0.3) is 0 Å². The number of halogens is 1. The third-order valence-electron chi connectivity index (χ3n) is 6.35. The lowest BCUT2D eigenvalue weighted by Gasteiger charge is -2.49. The van der Waals surface area contributed by atoms with Crippen LogP contribution < -0.4 is 4.74 Å². The lowest BCUT2D eigenvalue weighted by molar-refractivity contribution is 0.186. The molecule has 0 fully saturated rings. The van der Waals surface area contributed by atoms with Gasteiger partial charge in [0.2, 0.25) is 11.2 Å². The molecule has 2 aromatic heterocycles. The highest BCUT2D eigenvalue weighted by Crippen LogP contribution is 2.57. The van der Waals surface area contributed by atoms with Gasteiger partial charge in [0.1, 0.15) is 5.76 Å². The second kappa shape index (κ2) is 6.06. The van der Waals surface area contributed by atoms with Crippen molar-refractivity contribution >= 4 is 11.6 Å². The van der Waals surface area contributed by atoms with Crippen molar-refractivity contribution in [3.8, 4) is 5.88 Å². The van der Waals surface area contributed by atoms with Crippen molar-refractivity contribution in [2.24, 2.45) is 5.92 Å². The third-order valence-corrected chi connectivity index (χ3v) is 6.52. The van der Waals surface area contributed by atoms with E-state index in [1.807, 2.05) is 12.3 Å². The monoisotopic (exact) mass is 381 g/mol. The first-order chi connectivity index (χ1) is 13.1. The zero-order valence-electron chi connectivity index (χ0n) is 15.3. The molecule has 2 aliphatic rings. The van der Waals surface area contributed by atoms with E-state index in [2.05, 4.69) is 41.3 Å². The Labute approximate surface area is 162 Å². The molecule has 0 saturated carbocycles. The first-order valence-corrected chi connectivity index (χ1v) is 9.62. The predicted octanol–water partition coefficient (Wildman–Crippen LogP) is 4.33. The molecule has 5 rings (SSSR count). The number of hydrogen-bond donors (Lipinski definition) is 0. The SMILES string of the molecule is COc1nc(Cl)nc2c1CC[C@H]1[C@H](C)c3oncc3C[C@]21c1ccccc1. The molecule has 0 bridgehead atoms. The van der Waals surface area contributed by atoms with Gasteiger partial charge in [-0.05, 0) is 42.3 Å². The summed E-state index contributed by atoms with van der Waals surface area (Å²) in [7, 11) is 1.64. The molecule has 0 saturated heterocycles. The van der Waals surface area contributed by atoms with E-state index in [0.717, 1.165) is 41.8 Å². The highest BCUT2D eigenvalue weighted by molar-refractivity contribution is 6.28. The Morgan fingerprint density at radius 2 is 2.04 bits per heavy atom. The second-order valence-corrected chi connectivity index (χ2v) is 7.83. The highest BCUT2D eigenvalue weighted by Gasteiger charge is 2.54. The first kappa shape index (κ1) is 16.8. The fourth-order valence-corrected chi connectivity index (χ4v) is 5.42. The standard InChI is InChI=1S/C21H20ClN3O2/c1-12-16-9-8-15-18(24-20(22)25-19(15)26-2)21(16,14-6-4-3-5-7-14)10-13-11-23-27-17(12)13/h3-7,11-12,16H,8-10H2,1-2H3/t12-,16-,21+/m0/s1. The summed E-state index contributed by atoms with van der Waals surface area (Å²) in [6.45, 7) is 2.23. The van der Waals surface area contributed by atoms with Crippen LogP contribution in [0, 0.1) is 5.92 Å². The molecule has 6 heteroatoms. The zero-order chi connectivity index (χ0) is 18.6. The van der Waals surface area contributed by atoms with Crippen LogP contribution in [0.15, 0.2) is 41.1 Å². The molecule has 0 spiro atoms. The van der Waals surface area contributed by atoms with Gasteiger partial charge in [-0.2, -0.15) is 4.98 Å². The number of aromatic nitrogens is 3. The molecule has 3 aromatic rings. The molecule has 0 unspecified atom stereocenters. The van der Waals surface area contributed by atoms with Crippen LogP contribution in [0.4, 0.5) is 0 Å². The van der Waals surface area contributed by atoms with Crippen molar-refractivity contribution in [3.63, 3.8) is 0 Å². The number of methoxy groups -OCH3 is 1. The average Bonchev–Trinajstić information content (AvgIpc) is 3.16. The Kier molecular flexibility index (Phi) is 3.76. The van der Waals surface area contributed by atoms with Gasteiger partial charge in [0.05, 0.1) is 19.0 Å². The second-order valence-electron chi connectivity index (χ2n) is 7.49. The van der Waals surface area contributed by atoms with E-state index in [1.54, 1.807) is 7.11 Å².